The number of hydrogen-bond acceptors (Lipinski definition) is 3. The molecule has 1 aromatic heterocycles. The molecule has 0 fully saturated rings. The molecule has 2 heterocycles. The molecule has 1 aromatic carbocycles. The molecule has 1 N–H and O–H groups in total. The lowest BCUT2D eigenvalue weighted by Gasteiger charge is -2.29. The van der Waals surface area contributed by atoms with E-state index in [4.69, 9.17) is 4.74 Å². The van der Waals surface area contributed by atoms with Crippen LogP contribution in [0, 0.1) is 0 Å². The second-order valence-corrected chi connectivity index (χ2v) is 8.48. The summed E-state index contributed by atoms with van der Waals surface area (Å²) < 4.78 is 9.02. The van der Waals surface area contributed by atoms with Crippen LogP contribution in [0.15, 0.2) is 37.0 Å². The Morgan fingerprint density at radius 3 is 2.68 bits per heavy atom. The average Bonchev–Trinajstić information content (AvgIpc) is 2.70. The Morgan fingerprint density at radius 1 is 1.21 bits per heavy atom. The number of aliphatic hydroxyl groups excluding tert-OH is 1. The standard InChI is InChI=1S/C13H9Br3O2S/c14-6-1-2-10-7(3-6)9(17)5-11(18-10)12-4-8(15)13(16)19-12/h1-4,9,11,17H,5H2. The highest BCUT2D eigenvalue weighted by molar-refractivity contribution is 9.13. The largest absolute Gasteiger partial charge is 0.484 e. The summed E-state index contributed by atoms with van der Waals surface area (Å²) in [7, 11) is 0. The van der Waals surface area contributed by atoms with Crippen LogP contribution in [0.2, 0.25) is 0 Å². The van der Waals surface area contributed by atoms with Crippen molar-refractivity contribution in [3.05, 3.63) is 47.4 Å². The third-order valence-corrected chi connectivity index (χ3v) is 6.86. The first-order valence-electron chi connectivity index (χ1n) is 5.63. The van der Waals surface area contributed by atoms with Crippen molar-refractivity contribution in [2.75, 3.05) is 0 Å². The van der Waals surface area contributed by atoms with E-state index >= 15 is 0 Å². The molecule has 19 heavy (non-hydrogen) atoms. The molecule has 2 aromatic rings. The number of ether oxygens (including phenoxy) is 1. The van der Waals surface area contributed by atoms with Crippen LogP contribution < -0.4 is 4.74 Å². The van der Waals surface area contributed by atoms with E-state index in [0.717, 1.165) is 28.9 Å². The highest BCUT2D eigenvalue weighted by atomic mass is 79.9. The third-order valence-electron chi connectivity index (χ3n) is 3.02. The third kappa shape index (κ3) is 2.78. The molecule has 0 saturated heterocycles. The summed E-state index contributed by atoms with van der Waals surface area (Å²) in [4.78, 5) is 1.10. The number of rotatable bonds is 1. The maximum Gasteiger partial charge on any atom is 0.136 e. The van der Waals surface area contributed by atoms with E-state index in [1.54, 1.807) is 11.3 Å². The van der Waals surface area contributed by atoms with Gasteiger partial charge in [-0.3, -0.25) is 0 Å². The maximum atomic E-state index is 10.3. The fourth-order valence-corrected chi connectivity index (χ4v) is 4.63. The first kappa shape index (κ1) is 14.1. The van der Waals surface area contributed by atoms with E-state index < -0.39 is 6.10 Å². The van der Waals surface area contributed by atoms with E-state index in [2.05, 4.69) is 47.8 Å². The van der Waals surface area contributed by atoms with Crippen molar-refractivity contribution in [3.63, 3.8) is 0 Å². The van der Waals surface area contributed by atoms with Gasteiger partial charge in [0.25, 0.3) is 0 Å². The van der Waals surface area contributed by atoms with Crippen molar-refractivity contribution in [1.82, 2.24) is 0 Å². The summed E-state index contributed by atoms with van der Waals surface area (Å²) >= 11 is 12.0. The summed E-state index contributed by atoms with van der Waals surface area (Å²) in [6.07, 6.45) is -0.0229. The predicted molar refractivity (Wildman–Crippen MR) is 86.8 cm³/mol. The number of thiophene rings is 1. The van der Waals surface area contributed by atoms with Gasteiger partial charge < -0.3 is 9.84 Å². The van der Waals surface area contributed by atoms with Crippen LogP contribution >= 0.6 is 59.1 Å². The number of halogens is 3. The lowest BCUT2D eigenvalue weighted by Crippen LogP contribution is -2.18. The topological polar surface area (TPSA) is 29.5 Å². The summed E-state index contributed by atoms with van der Waals surface area (Å²) in [5.41, 5.74) is 0.848. The Labute approximate surface area is 140 Å². The molecular formula is C13H9Br3O2S. The first-order valence-corrected chi connectivity index (χ1v) is 8.83. The van der Waals surface area contributed by atoms with E-state index in [-0.39, 0.29) is 6.10 Å². The fraction of sp³-hybridized carbons (Fsp3) is 0.231. The number of aliphatic hydroxyl groups is 1. The lowest BCUT2D eigenvalue weighted by molar-refractivity contribution is 0.0673. The van der Waals surface area contributed by atoms with Crippen LogP contribution in [-0.2, 0) is 0 Å². The first-order chi connectivity index (χ1) is 9.04. The van der Waals surface area contributed by atoms with E-state index in [1.165, 1.54) is 0 Å². The zero-order chi connectivity index (χ0) is 13.6. The molecule has 0 aliphatic carbocycles. The minimum absolute atomic E-state index is 0.101. The minimum atomic E-state index is -0.495. The highest BCUT2D eigenvalue weighted by Gasteiger charge is 2.29. The van der Waals surface area contributed by atoms with E-state index in [1.807, 2.05) is 24.3 Å². The van der Waals surface area contributed by atoms with Gasteiger partial charge in [-0.1, -0.05) is 15.9 Å². The Hall–Kier alpha value is 0.120. The van der Waals surface area contributed by atoms with Gasteiger partial charge in [-0.15, -0.1) is 11.3 Å². The van der Waals surface area contributed by atoms with Gasteiger partial charge in [-0.05, 0) is 56.1 Å². The van der Waals surface area contributed by atoms with Crippen molar-refractivity contribution in [2.45, 2.75) is 18.6 Å². The number of fused-ring (bicyclic) bond motifs is 1. The number of hydrogen-bond donors (Lipinski definition) is 1. The quantitative estimate of drug-likeness (QED) is 0.591. The van der Waals surface area contributed by atoms with E-state index in [0.29, 0.717) is 6.42 Å². The van der Waals surface area contributed by atoms with Gasteiger partial charge in [-0.25, -0.2) is 0 Å². The zero-order valence-corrected chi connectivity index (χ0v) is 15.1. The molecular weight excluding hydrogens is 460 g/mol. The Bertz CT molecular complexity index is 607. The predicted octanol–water partition coefficient (Wildman–Crippen LogP) is 5.59. The van der Waals surface area contributed by atoms with Crippen LogP contribution in [0.3, 0.4) is 0 Å². The minimum Gasteiger partial charge on any atom is -0.484 e. The van der Waals surface area contributed by atoms with Crippen molar-refractivity contribution in [2.24, 2.45) is 0 Å². The van der Waals surface area contributed by atoms with Gasteiger partial charge >= 0.3 is 0 Å². The van der Waals surface area contributed by atoms with Crippen molar-refractivity contribution < 1.29 is 9.84 Å². The second kappa shape index (κ2) is 5.48. The summed E-state index contributed by atoms with van der Waals surface area (Å²) in [5.74, 6) is 0.757. The molecule has 1 aliphatic rings. The molecule has 100 valence electrons. The fourth-order valence-electron chi connectivity index (χ4n) is 2.11. The van der Waals surface area contributed by atoms with Gasteiger partial charge in [0.15, 0.2) is 0 Å². The average molecular weight is 469 g/mol. The molecule has 6 heteroatoms. The van der Waals surface area contributed by atoms with Gasteiger partial charge in [0.1, 0.15) is 11.9 Å². The van der Waals surface area contributed by atoms with Crippen molar-refractivity contribution in [3.8, 4) is 5.75 Å². The van der Waals surface area contributed by atoms with Crippen LogP contribution in [-0.4, -0.2) is 5.11 Å². The lowest BCUT2D eigenvalue weighted by atomic mass is 9.98. The van der Waals surface area contributed by atoms with Crippen LogP contribution in [0.1, 0.15) is 29.1 Å². The molecule has 2 atom stereocenters. The summed E-state index contributed by atoms with van der Waals surface area (Å²) in [6, 6.07) is 7.77. The second-order valence-electron chi connectivity index (χ2n) is 4.31. The van der Waals surface area contributed by atoms with Gasteiger partial charge in [0, 0.05) is 25.8 Å². The van der Waals surface area contributed by atoms with Crippen LogP contribution in [0.5, 0.6) is 5.75 Å². The molecule has 0 spiro atoms. The van der Waals surface area contributed by atoms with Gasteiger partial charge in [0.2, 0.25) is 0 Å². The number of benzene rings is 1. The Kier molecular flexibility index (Phi) is 4.06. The van der Waals surface area contributed by atoms with Gasteiger partial charge in [0.05, 0.1) is 9.89 Å². The highest BCUT2D eigenvalue weighted by Crippen LogP contribution is 2.45. The molecule has 0 saturated carbocycles. The molecule has 2 unspecified atom stereocenters. The molecule has 0 radical (unpaired) electrons. The molecule has 0 bridgehead atoms. The Balaban J connectivity index is 1.94. The van der Waals surface area contributed by atoms with Crippen molar-refractivity contribution in [1.29, 1.82) is 0 Å². The molecule has 1 aliphatic heterocycles. The summed E-state index contributed by atoms with van der Waals surface area (Å²) in [6.45, 7) is 0. The SMILES string of the molecule is OC1CC(c2cc(Br)c(Br)s2)Oc2ccc(Br)cc21. The van der Waals surface area contributed by atoms with Crippen LogP contribution in [0.25, 0.3) is 0 Å². The zero-order valence-electron chi connectivity index (χ0n) is 9.57. The maximum absolute atomic E-state index is 10.3. The molecule has 2 nitrogen and oxygen atoms in total. The summed E-state index contributed by atoms with van der Waals surface area (Å²) in [5, 5.41) is 10.3. The smallest absolute Gasteiger partial charge is 0.136 e. The van der Waals surface area contributed by atoms with Crippen molar-refractivity contribution >= 4 is 59.1 Å². The Morgan fingerprint density at radius 2 is 2.00 bits per heavy atom. The monoisotopic (exact) mass is 466 g/mol. The molecule has 0 amide bonds. The van der Waals surface area contributed by atoms with Gasteiger partial charge in [-0.2, -0.15) is 0 Å². The molecule has 3 rings (SSSR count). The van der Waals surface area contributed by atoms with E-state index in [9.17, 15) is 5.11 Å². The normalized spacial score (nSPS) is 21.9. The van der Waals surface area contributed by atoms with Crippen LogP contribution in [0.4, 0.5) is 0 Å².